The maximum absolute atomic E-state index is 11.6. The van der Waals surface area contributed by atoms with Crippen molar-refractivity contribution in [2.75, 3.05) is 6.54 Å². The molecule has 0 aromatic rings. The summed E-state index contributed by atoms with van der Waals surface area (Å²) in [5.74, 6) is 0.453. The van der Waals surface area contributed by atoms with Crippen LogP contribution in [0, 0.1) is 17.2 Å². The Morgan fingerprint density at radius 1 is 1.33 bits per heavy atom. The average molecular weight is 255 g/mol. The van der Waals surface area contributed by atoms with Crippen LogP contribution in [0.5, 0.6) is 0 Å². The Bertz CT molecular complexity index is 302. The molecule has 2 unspecified atom stereocenters. The number of hydrogen-bond acceptors (Lipinski definition) is 4. The highest BCUT2D eigenvalue weighted by molar-refractivity contribution is 5.68. The molecule has 0 saturated heterocycles. The largest absolute Gasteiger partial charge is 0.444 e. The minimum atomic E-state index is -0.530. The molecule has 0 saturated carbocycles. The highest BCUT2D eigenvalue weighted by Gasteiger charge is 2.22. The summed E-state index contributed by atoms with van der Waals surface area (Å²) in [4.78, 5) is 11.6. The predicted octanol–water partition coefficient (Wildman–Crippen LogP) is 2.04. The molecule has 1 amide bonds. The van der Waals surface area contributed by atoms with Gasteiger partial charge in [-0.1, -0.05) is 13.8 Å². The van der Waals surface area contributed by atoms with Gasteiger partial charge in [-0.05, 0) is 40.2 Å². The molecule has 0 radical (unpaired) electrons. The van der Waals surface area contributed by atoms with Crippen LogP contribution in [0.1, 0.15) is 41.5 Å². The second-order valence-corrected chi connectivity index (χ2v) is 5.84. The van der Waals surface area contributed by atoms with E-state index in [-0.39, 0.29) is 6.04 Å². The zero-order valence-corrected chi connectivity index (χ0v) is 12.2. The molecular weight excluding hydrogens is 230 g/mol. The van der Waals surface area contributed by atoms with Gasteiger partial charge in [0.15, 0.2) is 0 Å². The highest BCUT2D eigenvalue weighted by atomic mass is 16.6. The molecule has 2 N–H and O–H groups in total. The van der Waals surface area contributed by atoms with Gasteiger partial charge in [0.1, 0.15) is 11.6 Å². The first kappa shape index (κ1) is 16.7. The Kier molecular flexibility index (Phi) is 6.71. The molecule has 0 aliphatic heterocycles. The molecule has 0 aromatic heterocycles. The number of carbonyl (C=O) groups excluding carboxylic acids is 1. The van der Waals surface area contributed by atoms with Crippen molar-refractivity contribution in [3.63, 3.8) is 0 Å². The molecular formula is C13H25N3O2. The quantitative estimate of drug-likeness (QED) is 0.788. The van der Waals surface area contributed by atoms with Crippen molar-refractivity contribution in [1.29, 1.82) is 5.26 Å². The Morgan fingerprint density at radius 3 is 2.28 bits per heavy atom. The number of nitriles is 1. The second-order valence-electron chi connectivity index (χ2n) is 5.84. The van der Waals surface area contributed by atoms with Crippen molar-refractivity contribution in [1.82, 2.24) is 10.6 Å². The molecule has 5 nitrogen and oxygen atoms in total. The van der Waals surface area contributed by atoms with Crippen molar-refractivity contribution in [3.8, 4) is 6.07 Å². The summed E-state index contributed by atoms with van der Waals surface area (Å²) in [6.07, 6.45) is -0.499. The van der Waals surface area contributed by atoms with Gasteiger partial charge in [0.05, 0.1) is 12.1 Å². The third-order valence-corrected chi connectivity index (χ3v) is 2.13. The van der Waals surface area contributed by atoms with Gasteiger partial charge in [0, 0.05) is 0 Å². The summed E-state index contributed by atoms with van der Waals surface area (Å²) >= 11 is 0. The predicted molar refractivity (Wildman–Crippen MR) is 71.1 cm³/mol. The number of nitrogens with zero attached hydrogens (tertiary/aromatic N) is 1. The molecule has 0 aliphatic carbocycles. The summed E-state index contributed by atoms with van der Waals surface area (Å²) in [6, 6.07) is 1.43. The first-order chi connectivity index (χ1) is 8.15. The van der Waals surface area contributed by atoms with Gasteiger partial charge in [0.25, 0.3) is 0 Å². The first-order valence-corrected chi connectivity index (χ1v) is 6.28. The van der Waals surface area contributed by atoms with Crippen LogP contribution in [0.2, 0.25) is 0 Å². The van der Waals surface area contributed by atoms with Crippen LogP contribution < -0.4 is 10.6 Å². The van der Waals surface area contributed by atoms with Crippen molar-refractivity contribution in [3.05, 3.63) is 0 Å². The molecule has 18 heavy (non-hydrogen) atoms. The molecule has 0 rings (SSSR count). The Hall–Kier alpha value is -1.28. The number of alkyl carbamates (subject to hydrolysis) is 1. The molecule has 0 aromatic carbocycles. The summed E-state index contributed by atoms with van der Waals surface area (Å²) in [5, 5.41) is 14.8. The molecule has 0 fully saturated rings. The first-order valence-electron chi connectivity index (χ1n) is 6.28. The minimum Gasteiger partial charge on any atom is -0.444 e. The van der Waals surface area contributed by atoms with Gasteiger partial charge in [0.2, 0.25) is 0 Å². The van der Waals surface area contributed by atoms with Crippen LogP contribution in [-0.4, -0.2) is 30.3 Å². The molecule has 0 bridgehead atoms. The lowest BCUT2D eigenvalue weighted by Crippen LogP contribution is -2.49. The van der Waals surface area contributed by atoms with Gasteiger partial charge in [-0.2, -0.15) is 5.26 Å². The average Bonchev–Trinajstić information content (AvgIpc) is 2.14. The van der Waals surface area contributed by atoms with E-state index in [0.29, 0.717) is 5.92 Å². The summed E-state index contributed by atoms with van der Waals surface area (Å²) < 4.78 is 5.14. The summed E-state index contributed by atoms with van der Waals surface area (Å²) in [6.45, 7) is 12.0. The monoisotopic (exact) mass is 255 g/mol. The number of amides is 1. The van der Waals surface area contributed by atoms with Gasteiger partial charge in [-0.15, -0.1) is 0 Å². The molecule has 104 valence electrons. The summed E-state index contributed by atoms with van der Waals surface area (Å²) in [5.41, 5.74) is -0.530. The van der Waals surface area contributed by atoms with Crippen molar-refractivity contribution < 1.29 is 9.53 Å². The molecule has 5 heteroatoms. The van der Waals surface area contributed by atoms with E-state index in [4.69, 9.17) is 10.00 Å². The summed E-state index contributed by atoms with van der Waals surface area (Å²) in [7, 11) is 0. The molecule has 0 aliphatic rings. The highest BCUT2D eigenvalue weighted by Crippen LogP contribution is 2.07. The zero-order valence-electron chi connectivity index (χ0n) is 12.2. The van der Waals surface area contributed by atoms with Crippen LogP contribution >= 0.6 is 0 Å². The standard InChI is InChI=1S/C13H25N3O2/c1-9(2)8-15-11(7-14)10(3)16-12(17)18-13(4,5)6/h9-11,15H,8H2,1-6H3,(H,16,17). The van der Waals surface area contributed by atoms with E-state index in [1.807, 2.05) is 0 Å². The van der Waals surface area contributed by atoms with E-state index >= 15 is 0 Å². The van der Waals surface area contributed by atoms with Crippen molar-refractivity contribution in [2.24, 2.45) is 5.92 Å². The van der Waals surface area contributed by atoms with Gasteiger partial charge < -0.3 is 10.1 Å². The Labute approximate surface area is 110 Å². The van der Waals surface area contributed by atoms with Crippen LogP contribution in [0.3, 0.4) is 0 Å². The lowest BCUT2D eigenvalue weighted by molar-refractivity contribution is 0.0503. The third-order valence-electron chi connectivity index (χ3n) is 2.13. The van der Waals surface area contributed by atoms with Crippen LogP contribution in [0.15, 0.2) is 0 Å². The van der Waals surface area contributed by atoms with Gasteiger partial charge in [-0.25, -0.2) is 4.79 Å². The fourth-order valence-electron chi connectivity index (χ4n) is 1.27. The van der Waals surface area contributed by atoms with E-state index in [9.17, 15) is 4.79 Å². The maximum atomic E-state index is 11.6. The number of rotatable bonds is 5. The smallest absolute Gasteiger partial charge is 0.407 e. The molecule has 0 heterocycles. The number of carbonyl (C=O) groups is 1. The molecule has 0 spiro atoms. The van der Waals surface area contributed by atoms with Crippen molar-refractivity contribution in [2.45, 2.75) is 59.2 Å². The number of ether oxygens (including phenoxy) is 1. The van der Waals surface area contributed by atoms with E-state index in [1.54, 1.807) is 27.7 Å². The number of nitrogens with one attached hydrogen (secondary N) is 2. The van der Waals surface area contributed by atoms with E-state index in [2.05, 4.69) is 30.6 Å². The Morgan fingerprint density at radius 2 is 1.89 bits per heavy atom. The van der Waals surface area contributed by atoms with Crippen molar-refractivity contribution >= 4 is 6.09 Å². The van der Waals surface area contributed by atoms with E-state index in [0.717, 1.165) is 6.54 Å². The third kappa shape index (κ3) is 7.91. The van der Waals surface area contributed by atoms with Crippen LogP contribution in [0.4, 0.5) is 4.79 Å². The number of hydrogen-bond donors (Lipinski definition) is 2. The fraction of sp³-hybridized carbons (Fsp3) is 0.846. The van der Waals surface area contributed by atoms with E-state index in [1.165, 1.54) is 0 Å². The molecule has 2 atom stereocenters. The SMILES string of the molecule is CC(C)CNC(C#N)C(C)NC(=O)OC(C)(C)C. The van der Waals surface area contributed by atoms with E-state index < -0.39 is 17.7 Å². The zero-order chi connectivity index (χ0) is 14.3. The second kappa shape index (κ2) is 7.22. The lowest BCUT2D eigenvalue weighted by atomic mass is 10.1. The minimum absolute atomic E-state index is 0.302. The maximum Gasteiger partial charge on any atom is 0.407 e. The van der Waals surface area contributed by atoms with Crippen LogP contribution in [-0.2, 0) is 4.74 Å². The Balaban J connectivity index is 4.24. The lowest BCUT2D eigenvalue weighted by Gasteiger charge is -2.24. The van der Waals surface area contributed by atoms with Gasteiger partial charge in [-0.3, -0.25) is 5.32 Å². The normalized spacial score (nSPS) is 14.8. The topological polar surface area (TPSA) is 74.2 Å². The van der Waals surface area contributed by atoms with Gasteiger partial charge >= 0.3 is 6.09 Å². The fourth-order valence-corrected chi connectivity index (χ4v) is 1.27. The van der Waals surface area contributed by atoms with Crippen LogP contribution in [0.25, 0.3) is 0 Å².